The molecule has 17 heavy (non-hydrogen) atoms. The second kappa shape index (κ2) is 5.07. The third-order valence-corrected chi connectivity index (χ3v) is 2.32. The van der Waals surface area contributed by atoms with Crippen molar-refractivity contribution in [3.63, 3.8) is 0 Å². The number of azide groups is 1. The molecule has 1 rings (SSSR count). The summed E-state index contributed by atoms with van der Waals surface area (Å²) in [6.45, 7) is 1.02. The van der Waals surface area contributed by atoms with E-state index < -0.39 is 24.4 Å². The standard InChI is InChI=1S/C10H10F3N3O/c1-6-4-7(10(11,12)13)2-3-8(6)9(5-17)15-16-14/h2-4,9,17H,5H2,1H3. The largest absolute Gasteiger partial charge is 0.416 e. The molecule has 0 radical (unpaired) electrons. The lowest BCUT2D eigenvalue weighted by Gasteiger charge is -2.14. The van der Waals surface area contributed by atoms with E-state index in [1.165, 1.54) is 13.0 Å². The molecule has 0 spiro atoms. The maximum atomic E-state index is 12.4. The summed E-state index contributed by atoms with van der Waals surface area (Å²) in [7, 11) is 0. The predicted octanol–water partition coefficient (Wildman–Crippen LogP) is 3.36. The van der Waals surface area contributed by atoms with Crippen LogP contribution in [-0.2, 0) is 6.18 Å². The number of benzene rings is 1. The minimum atomic E-state index is -4.41. The van der Waals surface area contributed by atoms with E-state index in [4.69, 9.17) is 10.6 Å². The highest BCUT2D eigenvalue weighted by atomic mass is 19.4. The molecule has 0 heterocycles. The first kappa shape index (κ1) is 13.3. The summed E-state index contributed by atoms with van der Waals surface area (Å²) in [6, 6.07) is 2.22. The fourth-order valence-electron chi connectivity index (χ4n) is 1.49. The zero-order valence-electron chi connectivity index (χ0n) is 8.94. The molecule has 1 atom stereocenters. The Morgan fingerprint density at radius 3 is 2.53 bits per heavy atom. The topological polar surface area (TPSA) is 69.0 Å². The average Bonchev–Trinajstić information content (AvgIpc) is 2.25. The summed E-state index contributed by atoms with van der Waals surface area (Å²) in [6.07, 6.45) is -4.41. The Labute approximate surface area is 95.3 Å². The van der Waals surface area contributed by atoms with E-state index in [2.05, 4.69) is 10.0 Å². The summed E-state index contributed by atoms with van der Waals surface area (Å²) in [4.78, 5) is 2.54. The Hall–Kier alpha value is -1.72. The van der Waals surface area contributed by atoms with Crippen LogP contribution in [0.4, 0.5) is 13.2 Å². The Morgan fingerprint density at radius 2 is 2.12 bits per heavy atom. The zero-order chi connectivity index (χ0) is 13.1. The van der Waals surface area contributed by atoms with Crippen molar-refractivity contribution in [1.82, 2.24) is 0 Å². The fraction of sp³-hybridized carbons (Fsp3) is 0.400. The van der Waals surface area contributed by atoms with Crippen LogP contribution in [0.15, 0.2) is 23.3 Å². The summed E-state index contributed by atoms with van der Waals surface area (Å²) in [5, 5.41) is 12.3. The molecule has 0 aliphatic carbocycles. The molecular weight excluding hydrogens is 235 g/mol. The second-order valence-corrected chi connectivity index (χ2v) is 3.47. The van der Waals surface area contributed by atoms with Gasteiger partial charge < -0.3 is 5.11 Å². The van der Waals surface area contributed by atoms with Gasteiger partial charge in [-0.3, -0.25) is 0 Å². The third kappa shape index (κ3) is 3.12. The van der Waals surface area contributed by atoms with E-state index >= 15 is 0 Å². The average molecular weight is 245 g/mol. The second-order valence-electron chi connectivity index (χ2n) is 3.47. The summed E-state index contributed by atoms with van der Waals surface area (Å²) in [5.41, 5.74) is 8.22. The van der Waals surface area contributed by atoms with Gasteiger partial charge in [0, 0.05) is 4.91 Å². The van der Waals surface area contributed by atoms with Crippen molar-refractivity contribution in [3.05, 3.63) is 45.3 Å². The number of halogens is 3. The van der Waals surface area contributed by atoms with E-state index in [0.29, 0.717) is 11.1 Å². The Morgan fingerprint density at radius 1 is 1.47 bits per heavy atom. The summed E-state index contributed by atoms with van der Waals surface area (Å²) in [5.74, 6) is 0. The van der Waals surface area contributed by atoms with Crippen LogP contribution < -0.4 is 0 Å². The first-order valence-electron chi connectivity index (χ1n) is 4.73. The Bertz CT molecular complexity index is 453. The number of hydrogen-bond donors (Lipinski definition) is 1. The molecule has 1 unspecified atom stereocenters. The normalized spacial score (nSPS) is 13.0. The molecule has 92 valence electrons. The molecule has 0 bridgehead atoms. The van der Waals surface area contributed by atoms with Gasteiger partial charge in [0.15, 0.2) is 0 Å². The smallest absolute Gasteiger partial charge is 0.396 e. The van der Waals surface area contributed by atoms with Gasteiger partial charge in [0.2, 0.25) is 0 Å². The number of nitrogens with zero attached hydrogens (tertiary/aromatic N) is 3. The molecule has 0 saturated heterocycles. The van der Waals surface area contributed by atoms with Crippen molar-refractivity contribution >= 4 is 0 Å². The lowest BCUT2D eigenvalue weighted by Crippen LogP contribution is -2.08. The highest BCUT2D eigenvalue weighted by Crippen LogP contribution is 2.32. The van der Waals surface area contributed by atoms with Crippen molar-refractivity contribution in [2.45, 2.75) is 19.1 Å². The van der Waals surface area contributed by atoms with Gasteiger partial charge in [-0.2, -0.15) is 13.2 Å². The number of alkyl halides is 3. The predicted molar refractivity (Wildman–Crippen MR) is 55.2 cm³/mol. The molecule has 4 nitrogen and oxygen atoms in total. The molecule has 0 saturated carbocycles. The molecule has 0 aromatic heterocycles. The lowest BCUT2D eigenvalue weighted by atomic mass is 9.99. The van der Waals surface area contributed by atoms with Gasteiger partial charge in [-0.05, 0) is 35.7 Å². The van der Waals surface area contributed by atoms with Gasteiger partial charge in [-0.1, -0.05) is 11.2 Å². The van der Waals surface area contributed by atoms with Crippen LogP contribution in [0, 0.1) is 6.92 Å². The first-order valence-corrected chi connectivity index (χ1v) is 4.73. The monoisotopic (exact) mass is 245 g/mol. The third-order valence-electron chi connectivity index (χ3n) is 2.32. The SMILES string of the molecule is Cc1cc(C(F)(F)F)ccc1C(CO)N=[N+]=[N-]. The molecule has 1 aromatic rings. The first-order chi connectivity index (χ1) is 7.90. The van der Waals surface area contributed by atoms with Crippen LogP contribution in [0.2, 0.25) is 0 Å². The minimum Gasteiger partial charge on any atom is -0.396 e. The molecule has 0 amide bonds. The van der Waals surface area contributed by atoms with Crippen molar-refractivity contribution in [3.8, 4) is 0 Å². The van der Waals surface area contributed by atoms with Crippen LogP contribution in [0.5, 0.6) is 0 Å². The molecule has 1 aromatic carbocycles. The molecular formula is C10H10F3N3O. The van der Waals surface area contributed by atoms with Gasteiger partial charge in [0.25, 0.3) is 0 Å². The number of rotatable bonds is 3. The number of hydrogen-bond acceptors (Lipinski definition) is 2. The molecule has 0 aliphatic rings. The van der Waals surface area contributed by atoms with E-state index in [9.17, 15) is 13.2 Å². The summed E-state index contributed by atoms with van der Waals surface area (Å²) < 4.78 is 37.2. The molecule has 0 aliphatic heterocycles. The van der Waals surface area contributed by atoms with Gasteiger partial charge in [0.1, 0.15) is 0 Å². The molecule has 0 fully saturated rings. The minimum absolute atomic E-state index is 0.325. The van der Waals surface area contributed by atoms with Crippen LogP contribution in [0.1, 0.15) is 22.7 Å². The van der Waals surface area contributed by atoms with Crippen LogP contribution in [0.25, 0.3) is 10.4 Å². The molecule has 1 N–H and O–H groups in total. The van der Waals surface area contributed by atoms with Gasteiger partial charge in [-0.15, -0.1) is 0 Å². The molecule has 7 heteroatoms. The lowest BCUT2D eigenvalue weighted by molar-refractivity contribution is -0.137. The fourth-order valence-corrected chi connectivity index (χ4v) is 1.49. The van der Waals surface area contributed by atoms with Crippen LogP contribution in [0.3, 0.4) is 0 Å². The van der Waals surface area contributed by atoms with Crippen LogP contribution in [-0.4, -0.2) is 11.7 Å². The van der Waals surface area contributed by atoms with E-state index in [1.807, 2.05) is 0 Å². The maximum absolute atomic E-state index is 12.4. The quantitative estimate of drug-likeness (QED) is 0.495. The maximum Gasteiger partial charge on any atom is 0.416 e. The Kier molecular flexibility index (Phi) is 3.98. The number of aryl methyl sites for hydroxylation is 1. The van der Waals surface area contributed by atoms with Gasteiger partial charge >= 0.3 is 6.18 Å². The van der Waals surface area contributed by atoms with Gasteiger partial charge in [0.05, 0.1) is 18.2 Å². The van der Waals surface area contributed by atoms with Crippen LogP contribution >= 0.6 is 0 Å². The summed E-state index contributed by atoms with van der Waals surface area (Å²) >= 11 is 0. The highest BCUT2D eigenvalue weighted by Gasteiger charge is 2.30. The van der Waals surface area contributed by atoms with Gasteiger partial charge in [-0.25, -0.2) is 0 Å². The van der Waals surface area contributed by atoms with Crippen molar-refractivity contribution < 1.29 is 18.3 Å². The number of aliphatic hydroxyl groups excluding tert-OH is 1. The highest BCUT2D eigenvalue weighted by molar-refractivity contribution is 5.34. The van der Waals surface area contributed by atoms with Crippen molar-refractivity contribution in [1.29, 1.82) is 0 Å². The van der Waals surface area contributed by atoms with E-state index in [1.54, 1.807) is 0 Å². The Balaban J connectivity index is 3.17. The van der Waals surface area contributed by atoms with Crippen molar-refractivity contribution in [2.24, 2.45) is 5.11 Å². The van der Waals surface area contributed by atoms with E-state index in [-0.39, 0.29) is 0 Å². The number of aliphatic hydroxyl groups is 1. The van der Waals surface area contributed by atoms with E-state index in [0.717, 1.165) is 12.1 Å². The van der Waals surface area contributed by atoms with Crippen molar-refractivity contribution in [2.75, 3.05) is 6.61 Å². The zero-order valence-corrected chi connectivity index (χ0v) is 8.94.